The molecule has 0 bridgehead atoms. The molecule has 1 heterocycles. The van der Waals surface area contributed by atoms with E-state index in [2.05, 4.69) is 5.32 Å². The van der Waals surface area contributed by atoms with Crippen LogP contribution in [0.15, 0.2) is 0 Å². The minimum absolute atomic E-state index is 0.0863. The molecule has 2 aliphatic rings. The van der Waals surface area contributed by atoms with Gasteiger partial charge in [-0.3, -0.25) is 4.79 Å². The van der Waals surface area contributed by atoms with Gasteiger partial charge in [0.15, 0.2) is 0 Å². The minimum Gasteiger partial charge on any atom is -0.481 e. The highest BCUT2D eigenvalue weighted by molar-refractivity contribution is 5.70. The summed E-state index contributed by atoms with van der Waals surface area (Å²) in [5, 5.41) is 12.2. The normalized spacial score (nSPS) is 36.3. The molecule has 2 fully saturated rings. The molecule has 3 heteroatoms. The van der Waals surface area contributed by atoms with Crippen LogP contribution in [0.4, 0.5) is 0 Å². The van der Waals surface area contributed by atoms with E-state index in [1.54, 1.807) is 0 Å². The summed E-state index contributed by atoms with van der Waals surface area (Å²) < 4.78 is 0. The monoisotopic (exact) mass is 169 g/mol. The standard InChI is InChI=1S/C9H15NO2/c11-9(12)7-3-4-10-8(5-7)6-1-2-6/h6-8,10H,1-5H2,(H,11,12). The summed E-state index contributed by atoms with van der Waals surface area (Å²) in [6.07, 6.45) is 4.24. The Morgan fingerprint density at radius 2 is 2.08 bits per heavy atom. The van der Waals surface area contributed by atoms with Crippen molar-refractivity contribution in [2.24, 2.45) is 11.8 Å². The van der Waals surface area contributed by atoms with E-state index in [0.717, 1.165) is 25.3 Å². The van der Waals surface area contributed by atoms with Crippen LogP contribution in [-0.2, 0) is 4.79 Å². The molecule has 2 unspecified atom stereocenters. The SMILES string of the molecule is O=C(O)C1CCNC(C2CC2)C1. The summed E-state index contributed by atoms with van der Waals surface area (Å²) in [6, 6.07) is 0.500. The molecule has 0 radical (unpaired) electrons. The van der Waals surface area contributed by atoms with Crippen LogP contribution in [-0.4, -0.2) is 23.7 Å². The maximum Gasteiger partial charge on any atom is 0.306 e. The van der Waals surface area contributed by atoms with E-state index in [1.807, 2.05) is 0 Å². The molecule has 2 rings (SSSR count). The zero-order valence-electron chi connectivity index (χ0n) is 7.12. The smallest absolute Gasteiger partial charge is 0.306 e. The van der Waals surface area contributed by atoms with Gasteiger partial charge in [-0.15, -0.1) is 0 Å². The summed E-state index contributed by atoms with van der Waals surface area (Å²) in [4.78, 5) is 10.7. The summed E-state index contributed by atoms with van der Waals surface area (Å²) >= 11 is 0. The highest BCUT2D eigenvalue weighted by Crippen LogP contribution is 2.37. The topological polar surface area (TPSA) is 49.3 Å². The van der Waals surface area contributed by atoms with Crippen LogP contribution >= 0.6 is 0 Å². The lowest BCUT2D eigenvalue weighted by Gasteiger charge is -2.27. The molecule has 3 nitrogen and oxygen atoms in total. The minimum atomic E-state index is -0.609. The molecule has 0 amide bonds. The lowest BCUT2D eigenvalue weighted by atomic mass is 9.90. The summed E-state index contributed by atoms with van der Waals surface area (Å²) in [5.41, 5.74) is 0. The number of nitrogens with one attached hydrogen (secondary N) is 1. The summed E-state index contributed by atoms with van der Waals surface area (Å²) in [7, 11) is 0. The van der Waals surface area contributed by atoms with Crippen molar-refractivity contribution in [3.05, 3.63) is 0 Å². The highest BCUT2D eigenvalue weighted by atomic mass is 16.4. The predicted molar refractivity (Wildman–Crippen MR) is 44.9 cm³/mol. The Morgan fingerprint density at radius 1 is 1.33 bits per heavy atom. The van der Waals surface area contributed by atoms with Crippen LogP contribution in [0.1, 0.15) is 25.7 Å². The fourth-order valence-electron chi connectivity index (χ4n) is 2.03. The van der Waals surface area contributed by atoms with Crippen LogP contribution in [0, 0.1) is 11.8 Å². The van der Waals surface area contributed by atoms with Gasteiger partial charge in [0, 0.05) is 6.04 Å². The van der Waals surface area contributed by atoms with Gasteiger partial charge in [-0.25, -0.2) is 0 Å². The third kappa shape index (κ3) is 1.61. The lowest BCUT2D eigenvalue weighted by Crippen LogP contribution is -2.41. The first-order valence-corrected chi connectivity index (χ1v) is 4.73. The van der Waals surface area contributed by atoms with Crippen LogP contribution in [0.3, 0.4) is 0 Å². The number of carbonyl (C=O) groups is 1. The molecule has 0 aromatic carbocycles. The van der Waals surface area contributed by atoms with Crippen LogP contribution < -0.4 is 5.32 Å². The van der Waals surface area contributed by atoms with E-state index in [-0.39, 0.29) is 5.92 Å². The van der Waals surface area contributed by atoms with Crippen LogP contribution in [0.5, 0.6) is 0 Å². The number of rotatable bonds is 2. The maximum atomic E-state index is 10.7. The Labute approximate surface area is 72.2 Å². The van der Waals surface area contributed by atoms with Crippen LogP contribution in [0.25, 0.3) is 0 Å². The Kier molecular flexibility index (Phi) is 2.05. The molecule has 12 heavy (non-hydrogen) atoms. The third-order valence-corrected chi connectivity index (χ3v) is 2.98. The van der Waals surface area contributed by atoms with E-state index in [0.29, 0.717) is 6.04 Å². The first-order chi connectivity index (χ1) is 5.77. The van der Waals surface area contributed by atoms with Gasteiger partial charge in [0.25, 0.3) is 0 Å². The molecule has 2 N–H and O–H groups in total. The van der Waals surface area contributed by atoms with Crippen molar-refractivity contribution < 1.29 is 9.90 Å². The van der Waals surface area contributed by atoms with Crippen molar-refractivity contribution >= 4 is 5.97 Å². The van der Waals surface area contributed by atoms with Crippen molar-refractivity contribution in [2.45, 2.75) is 31.7 Å². The van der Waals surface area contributed by atoms with Crippen molar-refractivity contribution in [3.8, 4) is 0 Å². The average molecular weight is 169 g/mol. The number of carboxylic acid groups (broad SMARTS) is 1. The van der Waals surface area contributed by atoms with Gasteiger partial charge in [0.05, 0.1) is 5.92 Å². The Bertz CT molecular complexity index is 189. The second kappa shape index (κ2) is 3.05. The predicted octanol–water partition coefficient (Wildman–Crippen LogP) is 0.849. The molecule has 1 saturated heterocycles. The highest BCUT2D eigenvalue weighted by Gasteiger charge is 2.36. The Balaban J connectivity index is 1.89. The van der Waals surface area contributed by atoms with E-state index in [4.69, 9.17) is 5.11 Å². The van der Waals surface area contributed by atoms with Gasteiger partial charge >= 0.3 is 5.97 Å². The van der Waals surface area contributed by atoms with E-state index < -0.39 is 5.97 Å². The van der Waals surface area contributed by atoms with Gasteiger partial charge in [-0.1, -0.05) is 0 Å². The second-order valence-corrected chi connectivity index (χ2v) is 3.96. The van der Waals surface area contributed by atoms with Crippen molar-refractivity contribution in [1.29, 1.82) is 0 Å². The van der Waals surface area contributed by atoms with E-state index in [1.165, 1.54) is 12.8 Å². The molecule has 0 spiro atoms. The van der Waals surface area contributed by atoms with Gasteiger partial charge < -0.3 is 10.4 Å². The first kappa shape index (κ1) is 8.05. The summed E-state index contributed by atoms with van der Waals surface area (Å²) in [6.45, 7) is 0.887. The first-order valence-electron chi connectivity index (χ1n) is 4.73. The lowest BCUT2D eigenvalue weighted by molar-refractivity contribution is -0.143. The number of piperidine rings is 1. The number of hydrogen-bond acceptors (Lipinski definition) is 2. The van der Waals surface area contributed by atoms with Gasteiger partial charge in [0.2, 0.25) is 0 Å². The molecule has 1 saturated carbocycles. The molecular formula is C9H15NO2. The molecule has 1 aliphatic heterocycles. The van der Waals surface area contributed by atoms with Gasteiger partial charge in [0.1, 0.15) is 0 Å². The molecular weight excluding hydrogens is 154 g/mol. The van der Waals surface area contributed by atoms with Crippen molar-refractivity contribution in [3.63, 3.8) is 0 Å². The van der Waals surface area contributed by atoms with Gasteiger partial charge in [-0.05, 0) is 38.1 Å². The quantitative estimate of drug-likeness (QED) is 0.644. The van der Waals surface area contributed by atoms with Crippen LogP contribution in [0.2, 0.25) is 0 Å². The number of carboxylic acids is 1. The van der Waals surface area contributed by atoms with Crippen molar-refractivity contribution in [2.75, 3.05) is 6.54 Å². The fraction of sp³-hybridized carbons (Fsp3) is 0.889. The van der Waals surface area contributed by atoms with Gasteiger partial charge in [-0.2, -0.15) is 0 Å². The largest absolute Gasteiger partial charge is 0.481 e. The molecule has 0 aromatic heterocycles. The second-order valence-electron chi connectivity index (χ2n) is 3.96. The maximum absolute atomic E-state index is 10.7. The zero-order chi connectivity index (χ0) is 8.55. The van der Waals surface area contributed by atoms with E-state index in [9.17, 15) is 4.79 Å². The molecule has 2 atom stereocenters. The van der Waals surface area contributed by atoms with Crippen molar-refractivity contribution in [1.82, 2.24) is 5.32 Å². The average Bonchev–Trinajstić information content (AvgIpc) is 2.87. The third-order valence-electron chi connectivity index (χ3n) is 2.98. The Hall–Kier alpha value is -0.570. The summed E-state index contributed by atoms with van der Waals surface area (Å²) in [5.74, 6) is 0.0890. The zero-order valence-corrected chi connectivity index (χ0v) is 7.12. The number of hydrogen-bond donors (Lipinski definition) is 2. The van der Waals surface area contributed by atoms with E-state index >= 15 is 0 Å². The number of aliphatic carboxylic acids is 1. The Morgan fingerprint density at radius 3 is 2.67 bits per heavy atom. The molecule has 68 valence electrons. The molecule has 0 aromatic rings. The fourth-order valence-corrected chi connectivity index (χ4v) is 2.03. The molecule has 1 aliphatic carbocycles.